The van der Waals surface area contributed by atoms with Crippen molar-refractivity contribution < 1.29 is 9.59 Å². The number of aryl methyl sites for hydroxylation is 2. The molecule has 6 nitrogen and oxygen atoms in total. The van der Waals surface area contributed by atoms with Crippen LogP contribution in [0.5, 0.6) is 0 Å². The molecule has 3 rings (SSSR count). The fourth-order valence-corrected chi connectivity index (χ4v) is 3.79. The van der Waals surface area contributed by atoms with E-state index >= 15 is 0 Å². The van der Waals surface area contributed by atoms with E-state index in [4.69, 9.17) is 0 Å². The summed E-state index contributed by atoms with van der Waals surface area (Å²) in [6.07, 6.45) is 1.91. The minimum atomic E-state index is -0.472. The van der Waals surface area contributed by atoms with Gasteiger partial charge in [0.2, 0.25) is 11.8 Å². The van der Waals surface area contributed by atoms with Crippen LogP contribution in [0.3, 0.4) is 0 Å². The first-order valence-corrected chi connectivity index (χ1v) is 9.13. The molecule has 2 amide bonds. The Kier molecular flexibility index (Phi) is 5.44. The fraction of sp³-hybridized carbons (Fsp3) is 0.381. The summed E-state index contributed by atoms with van der Waals surface area (Å²) in [5, 5.41) is 4.33. The van der Waals surface area contributed by atoms with Gasteiger partial charge in [-0.25, -0.2) is 0 Å². The van der Waals surface area contributed by atoms with Crippen molar-refractivity contribution >= 4 is 11.8 Å². The second kappa shape index (κ2) is 7.78. The summed E-state index contributed by atoms with van der Waals surface area (Å²) in [5.41, 5.74) is 3.03. The SMILES string of the molecule is C=CC(=O)N1C[C@H](c2ccccc2)C[C@H]1C(=O)N(C)Cc1cc(C)nn1C. The van der Waals surface area contributed by atoms with Crippen molar-refractivity contribution in [3.05, 3.63) is 66.0 Å². The Balaban J connectivity index is 1.78. The Bertz CT molecular complexity index is 843. The van der Waals surface area contributed by atoms with Crippen LogP contribution in [0.25, 0.3) is 0 Å². The van der Waals surface area contributed by atoms with Crippen LogP contribution < -0.4 is 0 Å². The summed E-state index contributed by atoms with van der Waals surface area (Å²) in [6.45, 7) is 6.51. The molecule has 1 aromatic carbocycles. The molecule has 1 aliphatic heterocycles. The Labute approximate surface area is 160 Å². The quantitative estimate of drug-likeness (QED) is 0.763. The third kappa shape index (κ3) is 3.94. The van der Waals surface area contributed by atoms with E-state index in [2.05, 4.69) is 23.8 Å². The van der Waals surface area contributed by atoms with E-state index < -0.39 is 6.04 Å². The van der Waals surface area contributed by atoms with Crippen LogP contribution in [0.15, 0.2) is 49.1 Å². The predicted molar refractivity (Wildman–Crippen MR) is 104 cm³/mol. The number of amides is 2. The molecule has 1 fully saturated rings. The molecular weight excluding hydrogens is 340 g/mol. The third-order valence-corrected chi connectivity index (χ3v) is 5.19. The number of aromatic nitrogens is 2. The van der Waals surface area contributed by atoms with Gasteiger partial charge < -0.3 is 9.80 Å². The second-order valence-electron chi connectivity index (χ2n) is 7.15. The summed E-state index contributed by atoms with van der Waals surface area (Å²) in [6, 6.07) is 11.5. The van der Waals surface area contributed by atoms with Gasteiger partial charge in [-0.2, -0.15) is 5.10 Å². The van der Waals surface area contributed by atoms with Crippen molar-refractivity contribution in [1.82, 2.24) is 19.6 Å². The van der Waals surface area contributed by atoms with Gasteiger partial charge in [-0.05, 0) is 31.1 Å². The van der Waals surface area contributed by atoms with Gasteiger partial charge in [-0.1, -0.05) is 36.9 Å². The first-order valence-electron chi connectivity index (χ1n) is 9.13. The first kappa shape index (κ1) is 18.9. The maximum Gasteiger partial charge on any atom is 0.246 e. The molecule has 0 spiro atoms. The highest BCUT2D eigenvalue weighted by Crippen LogP contribution is 2.33. The second-order valence-corrected chi connectivity index (χ2v) is 7.15. The molecule has 2 aromatic rings. The molecule has 6 heteroatoms. The smallest absolute Gasteiger partial charge is 0.246 e. The van der Waals surface area contributed by atoms with E-state index in [-0.39, 0.29) is 17.7 Å². The lowest BCUT2D eigenvalue weighted by molar-refractivity contribution is -0.141. The molecule has 2 atom stereocenters. The lowest BCUT2D eigenvalue weighted by Gasteiger charge is -2.27. The van der Waals surface area contributed by atoms with Crippen LogP contribution in [-0.2, 0) is 23.2 Å². The van der Waals surface area contributed by atoms with Gasteiger partial charge in [0.25, 0.3) is 0 Å². The lowest BCUT2D eigenvalue weighted by Crippen LogP contribution is -2.46. The van der Waals surface area contributed by atoms with Crippen LogP contribution in [0.2, 0.25) is 0 Å². The molecule has 2 heterocycles. The van der Waals surface area contributed by atoms with Gasteiger partial charge in [-0.15, -0.1) is 0 Å². The van der Waals surface area contributed by atoms with Crippen molar-refractivity contribution in [3.8, 4) is 0 Å². The van der Waals surface area contributed by atoms with E-state index in [1.807, 2.05) is 38.2 Å². The Morgan fingerprint density at radius 3 is 2.63 bits per heavy atom. The first-order chi connectivity index (χ1) is 12.9. The van der Waals surface area contributed by atoms with Crippen molar-refractivity contribution in [2.75, 3.05) is 13.6 Å². The van der Waals surface area contributed by atoms with Crippen LogP contribution in [0.1, 0.15) is 29.3 Å². The molecule has 1 saturated heterocycles. The van der Waals surface area contributed by atoms with Crippen LogP contribution >= 0.6 is 0 Å². The molecule has 142 valence electrons. The zero-order chi connectivity index (χ0) is 19.6. The van der Waals surface area contributed by atoms with Crippen molar-refractivity contribution in [1.29, 1.82) is 0 Å². The van der Waals surface area contributed by atoms with Crippen LogP contribution in [0.4, 0.5) is 0 Å². The molecule has 0 N–H and O–H groups in total. The molecule has 1 aliphatic rings. The van der Waals surface area contributed by atoms with E-state index in [1.165, 1.54) is 6.08 Å². The van der Waals surface area contributed by atoms with E-state index in [0.717, 1.165) is 17.0 Å². The van der Waals surface area contributed by atoms with Gasteiger partial charge in [0.05, 0.1) is 17.9 Å². The van der Waals surface area contributed by atoms with Crippen molar-refractivity contribution in [2.24, 2.45) is 7.05 Å². The summed E-state index contributed by atoms with van der Waals surface area (Å²) in [7, 11) is 3.65. The Hall–Kier alpha value is -2.89. The lowest BCUT2D eigenvalue weighted by atomic mass is 9.96. The van der Waals surface area contributed by atoms with Crippen LogP contribution in [-0.4, -0.2) is 51.0 Å². The third-order valence-electron chi connectivity index (χ3n) is 5.19. The monoisotopic (exact) mass is 366 g/mol. The Morgan fingerprint density at radius 1 is 1.33 bits per heavy atom. The number of hydrogen-bond acceptors (Lipinski definition) is 3. The van der Waals surface area contributed by atoms with Crippen molar-refractivity contribution in [2.45, 2.75) is 31.8 Å². The standard InChI is InChI=1S/C21H26N4O2/c1-5-20(26)25-13-17(16-9-7-6-8-10-16)12-19(25)21(27)23(3)14-18-11-15(2)22-24(18)4/h5-11,17,19H,1,12-14H2,2-4H3/t17-,19+/m1/s1. The van der Waals surface area contributed by atoms with Crippen LogP contribution in [0, 0.1) is 6.92 Å². The van der Waals surface area contributed by atoms with E-state index in [0.29, 0.717) is 19.5 Å². The highest BCUT2D eigenvalue weighted by molar-refractivity contribution is 5.93. The summed E-state index contributed by atoms with van der Waals surface area (Å²) >= 11 is 0. The number of hydrogen-bond donors (Lipinski definition) is 0. The van der Waals surface area contributed by atoms with E-state index in [1.54, 1.807) is 21.5 Å². The molecule has 0 radical (unpaired) electrons. The molecule has 0 unspecified atom stereocenters. The van der Waals surface area contributed by atoms with Gasteiger partial charge in [-0.3, -0.25) is 14.3 Å². The maximum atomic E-state index is 13.1. The molecule has 0 bridgehead atoms. The number of likely N-dealkylation sites (N-methyl/N-ethyl adjacent to an activating group) is 1. The van der Waals surface area contributed by atoms with Gasteiger partial charge in [0.1, 0.15) is 6.04 Å². The molecule has 0 aliphatic carbocycles. The number of nitrogens with zero attached hydrogens (tertiary/aromatic N) is 4. The number of likely N-dealkylation sites (tertiary alicyclic amines) is 1. The summed E-state index contributed by atoms with van der Waals surface area (Å²) in [5.74, 6) is -0.101. The fourth-order valence-electron chi connectivity index (χ4n) is 3.79. The number of carbonyl (C=O) groups excluding carboxylic acids is 2. The minimum Gasteiger partial charge on any atom is -0.338 e. The van der Waals surface area contributed by atoms with Gasteiger partial charge in [0.15, 0.2) is 0 Å². The summed E-state index contributed by atoms with van der Waals surface area (Å²) in [4.78, 5) is 28.8. The number of carbonyl (C=O) groups is 2. The van der Waals surface area contributed by atoms with Crippen molar-refractivity contribution in [3.63, 3.8) is 0 Å². The average Bonchev–Trinajstić information content (AvgIpc) is 3.24. The largest absolute Gasteiger partial charge is 0.338 e. The highest BCUT2D eigenvalue weighted by Gasteiger charge is 2.40. The zero-order valence-electron chi connectivity index (χ0n) is 16.1. The molecule has 0 saturated carbocycles. The average molecular weight is 366 g/mol. The highest BCUT2D eigenvalue weighted by atomic mass is 16.2. The van der Waals surface area contributed by atoms with Gasteiger partial charge >= 0.3 is 0 Å². The maximum absolute atomic E-state index is 13.1. The molecule has 1 aromatic heterocycles. The minimum absolute atomic E-state index is 0.0533. The van der Waals surface area contributed by atoms with Gasteiger partial charge in [0, 0.05) is 26.6 Å². The summed E-state index contributed by atoms with van der Waals surface area (Å²) < 4.78 is 1.78. The molecule has 27 heavy (non-hydrogen) atoms. The molecular formula is C21H26N4O2. The number of rotatable bonds is 5. The predicted octanol–water partition coefficient (Wildman–Crippen LogP) is 2.26. The topological polar surface area (TPSA) is 58.4 Å². The number of benzene rings is 1. The Morgan fingerprint density at radius 2 is 2.04 bits per heavy atom. The van der Waals surface area contributed by atoms with E-state index in [9.17, 15) is 9.59 Å². The zero-order valence-corrected chi connectivity index (χ0v) is 16.1. The normalized spacial score (nSPS) is 19.1.